The van der Waals surface area contributed by atoms with Crippen LogP contribution >= 0.6 is 0 Å². The molecule has 0 unspecified atom stereocenters. The van der Waals surface area contributed by atoms with E-state index in [9.17, 15) is 4.79 Å². The summed E-state index contributed by atoms with van der Waals surface area (Å²) in [4.78, 5) is 11.2. The number of amides is 1. The largest absolute Gasteiger partial charge is 0.353 e. The highest BCUT2D eigenvalue weighted by Gasteiger charge is 2.28. The normalized spacial score (nSPS) is 20.5. The molecule has 2 nitrogen and oxygen atoms in total. The maximum absolute atomic E-state index is 11.2. The molecule has 0 aromatic heterocycles. The van der Waals surface area contributed by atoms with Crippen LogP contribution in [0.2, 0.25) is 0 Å². The van der Waals surface area contributed by atoms with Crippen molar-refractivity contribution in [2.75, 3.05) is 0 Å². The molecule has 0 aromatic rings. The van der Waals surface area contributed by atoms with Gasteiger partial charge in [0.15, 0.2) is 0 Å². The second-order valence-corrected chi connectivity index (χ2v) is 6.36. The van der Waals surface area contributed by atoms with Gasteiger partial charge in [0, 0.05) is 13.0 Å². The van der Waals surface area contributed by atoms with E-state index in [0.29, 0.717) is 6.04 Å². The lowest BCUT2D eigenvalue weighted by molar-refractivity contribution is -0.120. The topological polar surface area (TPSA) is 29.1 Å². The van der Waals surface area contributed by atoms with E-state index in [1.807, 2.05) is 0 Å². The number of nitrogens with one attached hydrogen (secondary N) is 1. The van der Waals surface area contributed by atoms with E-state index in [1.54, 1.807) is 6.92 Å². The summed E-state index contributed by atoms with van der Waals surface area (Å²) in [5.74, 6) is 0.931. The molecule has 0 aromatic carbocycles. The van der Waals surface area contributed by atoms with Crippen LogP contribution in [0.15, 0.2) is 0 Å². The summed E-state index contributed by atoms with van der Waals surface area (Å²) in [6.45, 7) is 8.28. The van der Waals surface area contributed by atoms with E-state index < -0.39 is 0 Å². The van der Waals surface area contributed by atoms with Crippen LogP contribution in [0.1, 0.15) is 66.2 Å². The van der Waals surface area contributed by atoms with Crippen molar-refractivity contribution in [1.29, 1.82) is 0 Å². The summed E-state index contributed by atoms with van der Waals surface area (Å²) >= 11 is 0. The highest BCUT2D eigenvalue weighted by molar-refractivity contribution is 5.73. The van der Waals surface area contributed by atoms with Crippen LogP contribution in [0.3, 0.4) is 0 Å². The van der Waals surface area contributed by atoms with Gasteiger partial charge in [-0.3, -0.25) is 4.79 Å². The summed E-state index contributed by atoms with van der Waals surface area (Å²) in [5, 5.41) is 3.13. The van der Waals surface area contributed by atoms with Gasteiger partial charge >= 0.3 is 0 Å². The molecular weight excluding hydrogens is 198 g/mol. The zero-order valence-electron chi connectivity index (χ0n) is 11.3. The Morgan fingerprint density at radius 1 is 1.25 bits per heavy atom. The summed E-state index contributed by atoms with van der Waals surface area (Å²) in [6.07, 6.45) is 8.02. The van der Waals surface area contributed by atoms with Gasteiger partial charge in [-0.15, -0.1) is 0 Å². The van der Waals surface area contributed by atoms with Gasteiger partial charge < -0.3 is 5.32 Å². The predicted octanol–water partition coefficient (Wildman–Crippen LogP) is 3.51. The first kappa shape index (κ1) is 13.5. The molecular formula is C14H27NO. The second-order valence-electron chi connectivity index (χ2n) is 6.36. The second kappa shape index (κ2) is 5.70. The molecule has 94 valence electrons. The molecule has 1 aliphatic rings. The third kappa shape index (κ3) is 4.54. The third-order valence-corrected chi connectivity index (χ3v) is 3.72. The molecule has 0 spiro atoms. The van der Waals surface area contributed by atoms with Crippen LogP contribution in [0.4, 0.5) is 0 Å². The first-order valence-corrected chi connectivity index (χ1v) is 6.66. The lowest BCUT2D eigenvalue weighted by Crippen LogP contribution is -2.44. The number of rotatable bonds is 3. The maximum Gasteiger partial charge on any atom is 0.217 e. The van der Waals surface area contributed by atoms with E-state index in [-0.39, 0.29) is 11.3 Å². The fourth-order valence-corrected chi connectivity index (χ4v) is 2.63. The minimum Gasteiger partial charge on any atom is -0.353 e. The molecule has 1 amide bonds. The molecule has 1 aliphatic carbocycles. The Morgan fingerprint density at radius 2 is 1.81 bits per heavy atom. The smallest absolute Gasteiger partial charge is 0.217 e. The average molecular weight is 225 g/mol. The Bertz CT molecular complexity index is 223. The van der Waals surface area contributed by atoms with Crippen molar-refractivity contribution in [1.82, 2.24) is 5.32 Å². The van der Waals surface area contributed by atoms with Gasteiger partial charge in [-0.25, -0.2) is 0 Å². The van der Waals surface area contributed by atoms with E-state index in [0.717, 1.165) is 12.3 Å². The van der Waals surface area contributed by atoms with Crippen LogP contribution in [0.5, 0.6) is 0 Å². The Morgan fingerprint density at radius 3 is 2.25 bits per heavy atom. The summed E-state index contributed by atoms with van der Waals surface area (Å²) in [6, 6.07) is 0.327. The zero-order valence-corrected chi connectivity index (χ0v) is 11.3. The Balaban J connectivity index is 2.51. The van der Waals surface area contributed by atoms with Gasteiger partial charge in [0.05, 0.1) is 0 Å². The quantitative estimate of drug-likeness (QED) is 0.782. The van der Waals surface area contributed by atoms with Crippen molar-refractivity contribution in [2.45, 2.75) is 72.3 Å². The minimum atomic E-state index is 0.107. The zero-order chi connectivity index (χ0) is 12.2. The van der Waals surface area contributed by atoms with Crippen molar-refractivity contribution in [3.8, 4) is 0 Å². The van der Waals surface area contributed by atoms with Crippen LogP contribution in [0.25, 0.3) is 0 Å². The highest BCUT2D eigenvalue weighted by Crippen LogP contribution is 2.32. The van der Waals surface area contributed by atoms with Crippen molar-refractivity contribution in [3.05, 3.63) is 0 Å². The molecule has 0 bridgehead atoms. The molecule has 16 heavy (non-hydrogen) atoms. The molecule has 1 saturated carbocycles. The van der Waals surface area contributed by atoms with E-state index in [1.165, 1.54) is 32.1 Å². The Labute approximate surface area is 100 Å². The molecule has 2 heteroatoms. The Hall–Kier alpha value is -0.530. The van der Waals surface area contributed by atoms with E-state index in [4.69, 9.17) is 0 Å². The molecule has 0 radical (unpaired) electrons. The third-order valence-electron chi connectivity index (χ3n) is 3.72. The molecule has 1 N–H and O–H groups in total. The molecule has 0 saturated heterocycles. The first-order valence-electron chi connectivity index (χ1n) is 6.66. The predicted molar refractivity (Wildman–Crippen MR) is 68.3 cm³/mol. The van der Waals surface area contributed by atoms with Gasteiger partial charge in [-0.05, 0) is 17.8 Å². The van der Waals surface area contributed by atoms with Crippen LogP contribution in [-0.4, -0.2) is 11.9 Å². The molecule has 1 rings (SSSR count). The number of carbonyl (C=O) groups is 1. The lowest BCUT2D eigenvalue weighted by Gasteiger charge is -2.35. The molecule has 0 heterocycles. The fourth-order valence-electron chi connectivity index (χ4n) is 2.63. The van der Waals surface area contributed by atoms with Gasteiger partial charge in [-0.1, -0.05) is 52.9 Å². The fraction of sp³-hybridized carbons (Fsp3) is 0.929. The van der Waals surface area contributed by atoms with E-state index in [2.05, 4.69) is 26.1 Å². The van der Waals surface area contributed by atoms with Crippen LogP contribution in [-0.2, 0) is 4.79 Å². The molecule has 1 atom stereocenters. The first-order chi connectivity index (χ1) is 7.39. The minimum absolute atomic E-state index is 0.107. The molecule has 1 fully saturated rings. The number of hydrogen-bond donors (Lipinski definition) is 1. The summed E-state index contributed by atoms with van der Waals surface area (Å²) in [5.41, 5.74) is 0.170. The van der Waals surface area contributed by atoms with Crippen molar-refractivity contribution in [3.63, 3.8) is 0 Å². The van der Waals surface area contributed by atoms with Crippen molar-refractivity contribution >= 4 is 5.91 Å². The number of hydrogen-bond acceptors (Lipinski definition) is 1. The standard InChI is InChI=1S/C14H27NO/c1-11(16)15-13(14(2,3)4)10-12-8-6-5-7-9-12/h12-13H,5-10H2,1-4H3,(H,15,16)/t13-/m0/s1. The lowest BCUT2D eigenvalue weighted by atomic mass is 9.77. The summed E-state index contributed by atoms with van der Waals surface area (Å²) < 4.78 is 0. The SMILES string of the molecule is CC(=O)N[C@@H](CC1CCCCC1)C(C)(C)C. The monoisotopic (exact) mass is 225 g/mol. The van der Waals surface area contributed by atoms with Crippen molar-refractivity contribution in [2.24, 2.45) is 11.3 Å². The van der Waals surface area contributed by atoms with Crippen LogP contribution < -0.4 is 5.32 Å². The number of carbonyl (C=O) groups excluding carboxylic acids is 1. The van der Waals surface area contributed by atoms with Gasteiger partial charge in [0.1, 0.15) is 0 Å². The highest BCUT2D eigenvalue weighted by atomic mass is 16.1. The van der Waals surface area contributed by atoms with Crippen molar-refractivity contribution < 1.29 is 4.79 Å². The van der Waals surface area contributed by atoms with Gasteiger partial charge in [-0.2, -0.15) is 0 Å². The maximum atomic E-state index is 11.2. The van der Waals surface area contributed by atoms with Gasteiger partial charge in [0.2, 0.25) is 5.91 Å². The molecule has 0 aliphatic heterocycles. The van der Waals surface area contributed by atoms with Gasteiger partial charge in [0.25, 0.3) is 0 Å². The Kier molecular flexibility index (Phi) is 4.82. The van der Waals surface area contributed by atoms with Crippen LogP contribution in [0, 0.1) is 11.3 Å². The average Bonchev–Trinajstić information content (AvgIpc) is 2.16. The van der Waals surface area contributed by atoms with E-state index >= 15 is 0 Å². The summed E-state index contributed by atoms with van der Waals surface area (Å²) in [7, 11) is 0.